The third-order valence-electron chi connectivity index (χ3n) is 4.29. The molecule has 0 fully saturated rings. The van der Waals surface area contributed by atoms with Crippen LogP contribution in [0.15, 0.2) is 46.9 Å². The number of hydrogen-bond acceptors (Lipinski definition) is 6. The van der Waals surface area contributed by atoms with Crippen LogP contribution in [0.3, 0.4) is 0 Å². The molecule has 0 spiro atoms. The van der Waals surface area contributed by atoms with Gasteiger partial charge in [-0.3, -0.25) is 4.79 Å². The number of carbonyl (C=O) groups is 1. The molecule has 0 aliphatic carbocycles. The van der Waals surface area contributed by atoms with Gasteiger partial charge in [-0.2, -0.15) is 0 Å². The van der Waals surface area contributed by atoms with E-state index in [1.54, 1.807) is 30.3 Å². The minimum absolute atomic E-state index is 0.116. The van der Waals surface area contributed by atoms with E-state index in [0.29, 0.717) is 35.9 Å². The molecule has 0 atom stereocenters. The molecule has 0 unspecified atom stereocenters. The van der Waals surface area contributed by atoms with Crippen LogP contribution in [-0.2, 0) is 0 Å². The number of aromatic hydroxyl groups is 2. The van der Waals surface area contributed by atoms with Crippen molar-refractivity contribution in [1.29, 1.82) is 0 Å². The van der Waals surface area contributed by atoms with E-state index in [9.17, 15) is 15.0 Å². The zero-order valence-electron chi connectivity index (χ0n) is 15.4. The first-order valence-electron chi connectivity index (χ1n) is 8.92. The predicted molar refractivity (Wildman–Crippen MR) is 104 cm³/mol. The van der Waals surface area contributed by atoms with E-state index < -0.39 is 0 Å². The molecule has 6 nitrogen and oxygen atoms in total. The molecule has 0 saturated carbocycles. The van der Waals surface area contributed by atoms with Crippen molar-refractivity contribution in [2.24, 2.45) is 0 Å². The lowest BCUT2D eigenvalue weighted by atomic mass is 10.2. The van der Waals surface area contributed by atoms with Gasteiger partial charge in [0.2, 0.25) is 0 Å². The molecule has 3 aromatic rings. The number of fused-ring (bicyclic) bond motifs is 1. The second-order valence-corrected chi connectivity index (χ2v) is 6.35. The second kappa shape index (κ2) is 8.03. The number of nitrogens with zero attached hydrogens (tertiary/aromatic N) is 1. The number of Topliss-reactive ketones (excluding diaryl/α,β-unsaturated/α-hetero) is 1. The van der Waals surface area contributed by atoms with E-state index in [2.05, 4.69) is 0 Å². The molecular formula is C21H23NO5. The van der Waals surface area contributed by atoms with Crippen LogP contribution in [0.1, 0.15) is 30.8 Å². The fourth-order valence-corrected chi connectivity index (χ4v) is 2.96. The standard InChI is InChI=1S/C21H23NO5/c1-3-9-22(17-5-4-6-18(24)21(17)25)10-11-26-16-7-8-19-15(12-16)13-20(27-19)14(2)23/h4-8,12-13,24-25H,3,9-11H2,1-2H3. The Morgan fingerprint density at radius 2 is 1.96 bits per heavy atom. The Kier molecular flexibility index (Phi) is 5.54. The summed E-state index contributed by atoms with van der Waals surface area (Å²) < 4.78 is 11.3. The molecule has 1 heterocycles. The largest absolute Gasteiger partial charge is 0.504 e. The Hall–Kier alpha value is -3.15. The third kappa shape index (κ3) is 4.16. The average Bonchev–Trinajstić information content (AvgIpc) is 3.07. The van der Waals surface area contributed by atoms with Crippen molar-refractivity contribution in [3.63, 3.8) is 0 Å². The van der Waals surface area contributed by atoms with Crippen LogP contribution >= 0.6 is 0 Å². The summed E-state index contributed by atoms with van der Waals surface area (Å²) in [6.45, 7) is 5.19. The number of para-hydroxylation sites is 1. The second-order valence-electron chi connectivity index (χ2n) is 6.35. The first-order valence-corrected chi connectivity index (χ1v) is 8.92. The smallest absolute Gasteiger partial charge is 0.194 e. The number of anilines is 1. The van der Waals surface area contributed by atoms with Crippen LogP contribution in [0.25, 0.3) is 11.0 Å². The van der Waals surface area contributed by atoms with E-state index in [1.807, 2.05) is 17.9 Å². The van der Waals surface area contributed by atoms with Crippen LogP contribution < -0.4 is 9.64 Å². The molecule has 2 aromatic carbocycles. The molecule has 0 saturated heterocycles. The quantitative estimate of drug-likeness (QED) is 0.454. The van der Waals surface area contributed by atoms with Crippen molar-refractivity contribution in [3.05, 3.63) is 48.2 Å². The van der Waals surface area contributed by atoms with Gasteiger partial charge < -0.3 is 24.3 Å². The van der Waals surface area contributed by atoms with E-state index >= 15 is 0 Å². The van der Waals surface area contributed by atoms with E-state index in [0.717, 1.165) is 18.4 Å². The normalized spacial score (nSPS) is 10.9. The first kappa shape index (κ1) is 18.6. The van der Waals surface area contributed by atoms with Gasteiger partial charge in [-0.15, -0.1) is 0 Å². The van der Waals surface area contributed by atoms with Gasteiger partial charge in [0.15, 0.2) is 23.0 Å². The van der Waals surface area contributed by atoms with Crippen LogP contribution in [0.5, 0.6) is 17.2 Å². The Balaban J connectivity index is 1.68. The highest BCUT2D eigenvalue weighted by atomic mass is 16.5. The number of hydrogen-bond donors (Lipinski definition) is 2. The summed E-state index contributed by atoms with van der Waals surface area (Å²) in [5.74, 6) is 0.629. The van der Waals surface area contributed by atoms with Crippen molar-refractivity contribution in [3.8, 4) is 17.2 Å². The summed E-state index contributed by atoms with van der Waals surface area (Å²) >= 11 is 0. The van der Waals surface area contributed by atoms with Crippen molar-refractivity contribution in [2.45, 2.75) is 20.3 Å². The maximum absolute atomic E-state index is 11.4. The number of ether oxygens (including phenoxy) is 1. The van der Waals surface area contributed by atoms with Gasteiger partial charge in [0.05, 0.1) is 12.2 Å². The van der Waals surface area contributed by atoms with Crippen LogP contribution in [0.2, 0.25) is 0 Å². The molecule has 0 aliphatic heterocycles. The molecule has 0 amide bonds. The topological polar surface area (TPSA) is 83.1 Å². The predicted octanol–water partition coefficient (Wildman–Crippen LogP) is 4.34. The van der Waals surface area contributed by atoms with Gasteiger partial charge >= 0.3 is 0 Å². The first-order chi connectivity index (χ1) is 13.0. The summed E-state index contributed by atoms with van der Waals surface area (Å²) in [6.07, 6.45) is 0.893. The number of phenols is 2. The van der Waals surface area contributed by atoms with Gasteiger partial charge in [-0.1, -0.05) is 13.0 Å². The van der Waals surface area contributed by atoms with Crippen molar-refractivity contribution >= 4 is 22.4 Å². The maximum atomic E-state index is 11.4. The zero-order chi connectivity index (χ0) is 19.4. The summed E-state index contributed by atoms with van der Waals surface area (Å²) in [5, 5.41) is 20.6. The van der Waals surface area contributed by atoms with Crippen LogP contribution in [-0.4, -0.2) is 35.7 Å². The van der Waals surface area contributed by atoms with Crippen LogP contribution in [0.4, 0.5) is 5.69 Å². The fraction of sp³-hybridized carbons (Fsp3) is 0.286. The lowest BCUT2D eigenvalue weighted by molar-refractivity contribution is 0.0989. The number of furan rings is 1. The summed E-state index contributed by atoms with van der Waals surface area (Å²) in [6, 6.07) is 12.0. The van der Waals surface area contributed by atoms with E-state index in [4.69, 9.17) is 9.15 Å². The molecule has 0 bridgehead atoms. The highest BCUT2D eigenvalue weighted by Gasteiger charge is 2.14. The molecule has 0 radical (unpaired) electrons. The minimum atomic E-state index is -0.138. The molecule has 6 heteroatoms. The SMILES string of the molecule is CCCN(CCOc1ccc2oc(C(C)=O)cc2c1)c1cccc(O)c1O. The molecular weight excluding hydrogens is 346 g/mol. The number of carbonyl (C=O) groups excluding carboxylic acids is 1. The van der Waals surface area contributed by atoms with Crippen LogP contribution in [0, 0.1) is 0 Å². The lowest BCUT2D eigenvalue weighted by Gasteiger charge is -2.25. The van der Waals surface area contributed by atoms with Gasteiger partial charge in [0.25, 0.3) is 0 Å². The molecule has 0 aliphatic rings. The molecule has 3 rings (SSSR count). The molecule has 2 N–H and O–H groups in total. The summed E-state index contributed by atoms with van der Waals surface area (Å²) in [7, 11) is 0. The summed E-state index contributed by atoms with van der Waals surface area (Å²) in [5.41, 5.74) is 1.22. The Bertz CT molecular complexity index is 947. The van der Waals surface area contributed by atoms with E-state index in [1.165, 1.54) is 13.0 Å². The molecule has 142 valence electrons. The fourth-order valence-electron chi connectivity index (χ4n) is 2.96. The van der Waals surface area contributed by atoms with Crippen molar-refractivity contribution in [2.75, 3.05) is 24.6 Å². The van der Waals surface area contributed by atoms with Gasteiger partial charge in [-0.25, -0.2) is 0 Å². The number of phenolic OH excluding ortho intramolecular Hbond substituents is 2. The van der Waals surface area contributed by atoms with Crippen molar-refractivity contribution in [1.82, 2.24) is 0 Å². The third-order valence-corrected chi connectivity index (χ3v) is 4.29. The number of rotatable bonds is 8. The van der Waals surface area contributed by atoms with Gasteiger partial charge in [0, 0.05) is 18.9 Å². The number of ketones is 1. The zero-order valence-corrected chi connectivity index (χ0v) is 15.4. The van der Waals surface area contributed by atoms with E-state index in [-0.39, 0.29) is 17.3 Å². The highest BCUT2D eigenvalue weighted by molar-refractivity contribution is 5.96. The summed E-state index contributed by atoms with van der Waals surface area (Å²) in [4.78, 5) is 13.4. The minimum Gasteiger partial charge on any atom is -0.504 e. The Labute approximate surface area is 157 Å². The molecule has 27 heavy (non-hydrogen) atoms. The maximum Gasteiger partial charge on any atom is 0.194 e. The Morgan fingerprint density at radius 3 is 2.70 bits per heavy atom. The average molecular weight is 369 g/mol. The molecule has 1 aromatic heterocycles. The number of benzene rings is 2. The van der Waals surface area contributed by atoms with Gasteiger partial charge in [-0.05, 0) is 42.8 Å². The monoisotopic (exact) mass is 369 g/mol. The highest BCUT2D eigenvalue weighted by Crippen LogP contribution is 2.35. The lowest BCUT2D eigenvalue weighted by Crippen LogP contribution is -2.29. The van der Waals surface area contributed by atoms with Gasteiger partial charge in [0.1, 0.15) is 17.9 Å². The van der Waals surface area contributed by atoms with Crippen molar-refractivity contribution < 1.29 is 24.2 Å². The Morgan fingerprint density at radius 1 is 1.15 bits per heavy atom.